The Bertz CT molecular complexity index is 3050. The zero-order chi connectivity index (χ0) is 40.0. The van der Waals surface area contributed by atoms with Crippen molar-refractivity contribution in [2.45, 2.75) is 0 Å². The molecule has 4 heteroatoms. The molecule has 0 atom stereocenters. The maximum Gasteiger partial charge on any atom is 0.238 e. The lowest BCUT2D eigenvalue weighted by atomic mass is 9.99. The summed E-state index contributed by atoms with van der Waals surface area (Å²) in [5.74, 6) is 1.11. The van der Waals surface area contributed by atoms with Gasteiger partial charge in [-0.25, -0.2) is 4.98 Å². The molecule has 55 heavy (non-hydrogen) atoms. The summed E-state index contributed by atoms with van der Waals surface area (Å²) < 4.78 is 37.6. The number of aromatic nitrogens is 4. The van der Waals surface area contributed by atoms with Gasteiger partial charge in [-0.15, -0.1) is 0 Å². The summed E-state index contributed by atoms with van der Waals surface area (Å²) in [6.07, 6.45) is 0. The van der Waals surface area contributed by atoms with Gasteiger partial charge in [-0.1, -0.05) is 188 Å². The van der Waals surface area contributed by atoms with E-state index in [1.54, 1.807) is 4.57 Å². The van der Waals surface area contributed by atoms with Crippen LogP contribution in [-0.2, 0) is 0 Å². The SMILES string of the molecule is [2H]c1c([2H])c([2H])c2c(c1[2H])c1cc(-c3ccc(-c4ccccc4)cc3)ccc1n2-c1nc(-c2ccc(-c3ccccc3)cc2)nc(-c2ccc(-c3ccccc3)cc2)n1. The third kappa shape index (κ3) is 6.16. The van der Waals surface area contributed by atoms with Gasteiger partial charge in [-0.2, -0.15) is 9.97 Å². The molecule has 0 bridgehead atoms. The van der Waals surface area contributed by atoms with E-state index in [2.05, 4.69) is 60.7 Å². The lowest BCUT2D eigenvalue weighted by Crippen LogP contribution is -2.06. The molecule has 0 spiro atoms. The Morgan fingerprint density at radius 2 is 0.709 bits per heavy atom. The molecular weight excluding hydrogens is 669 g/mol. The fourth-order valence-electron chi connectivity index (χ4n) is 7.20. The molecule has 0 saturated heterocycles. The maximum atomic E-state index is 9.23. The molecule has 2 aromatic heterocycles. The quantitative estimate of drug-likeness (QED) is 0.166. The summed E-state index contributed by atoms with van der Waals surface area (Å²) in [7, 11) is 0. The molecule has 0 N–H and O–H groups in total. The van der Waals surface area contributed by atoms with Crippen molar-refractivity contribution in [1.82, 2.24) is 19.5 Å². The van der Waals surface area contributed by atoms with Crippen LogP contribution < -0.4 is 0 Å². The first-order chi connectivity index (χ1) is 28.9. The van der Waals surface area contributed by atoms with Crippen LogP contribution in [0.25, 0.3) is 95.0 Å². The molecule has 0 saturated carbocycles. The second-order valence-electron chi connectivity index (χ2n) is 13.4. The number of fused-ring (bicyclic) bond motifs is 3. The normalized spacial score (nSPS) is 12.3. The monoisotopic (exact) mass is 706 g/mol. The summed E-state index contributed by atoms with van der Waals surface area (Å²) >= 11 is 0. The molecule has 0 aliphatic rings. The van der Waals surface area contributed by atoms with Gasteiger partial charge in [0.2, 0.25) is 5.95 Å². The van der Waals surface area contributed by atoms with Crippen molar-refractivity contribution in [2.24, 2.45) is 0 Å². The van der Waals surface area contributed by atoms with Gasteiger partial charge in [0.15, 0.2) is 11.6 Å². The Kier molecular flexibility index (Phi) is 7.08. The van der Waals surface area contributed by atoms with E-state index in [9.17, 15) is 1.37 Å². The van der Waals surface area contributed by atoms with Gasteiger partial charge in [-0.05, 0) is 62.7 Å². The van der Waals surface area contributed by atoms with E-state index in [-0.39, 0.29) is 30.1 Å². The molecule has 0 fully saturated rings. The van der Waals surface area contributed by atoms with E-state index in [1.807, 2.05) is 121 Å². The molecule has 8 aromatic carbocycles. The third-order valence-corrected chi connectivity index (χ3v) is 10.0. The van der Waals surface area contributed by atoms with Crippen LogP contribution in [0.15, 0.2) is 206 Å². The van der Waals surface area contributed by atoms with E-state index in [4.69, 9.17) is 19.1 Å². The molecule has 0 radical (unpaired) electrons. The number of benzene rings is 8. The lowest BCUT2D eigenvalue weighted by Gasteiger charge is -2.12. The number of rotatable bonds is 7. The van der Waals surface area contributed by atoms with Crippen molar-refractivity contribution in [3.8, 4) is 73.2 Å². The predicted molar refractivity (Wildman–Crippen MR) is 227 cm³/mol. The van der Waals surface area contributed by atoms with Crippen molar-refractivity contribution >= 4 is 21.8 Å². The van der Waals surface area contributed by atoms with E-state index < -0.39 is 0 Å². The van der Waals surface area contributed by atoms with Gasteiger partial charge < -0.3 is 0 Å². The van der Waals surface area contributed by atoms with E-state index in [0.717, 1.165) is 55.6 Å². The van der Waals surface area contributed by atoms with Gasteiger partial charge in [0.1, 0.15) is 0 Å². The highest BCUT2D eigenvalue weighted by Crippen LogP contribution is 2.36. The smallest absolute Gasteiger partial charge is 0.238 e. The molecule has 0 aliphatic heterocycles. The van der Waals surface area contributed by atoms with Crippen molar-refractivity contribution in [2.75, 3.05) is 0 Å². The molecule has 4 nitrogen and oxygen atoms in total. The molecule has 2 heterocycles. The highest BCUT2D eigenvalue weighted by atomic mass is 15.2. The van der Waals surface area contributed by atoms with E-state index in [0.29, 0.717) is 33.5 Å². The van der Waals surface area contributed by atoms with Crippen molar-refractivity contribution in [1.29, 1.82) is 0 Å². The first-order valence-corrected chi connectivity index (χ1v) is 18.2. The Labute approximate surface area is 325 Å². The Balaban J connectivity index is 1.17. The number of para-hydroxylation sites is 1. The summed E-state index contributed by atoms with van der Waals surface area (Å²) in [6.45, 7) is 0. The summed E-state index contributed by atoms with van der Waals surface area (Å²) in [6, 6.07) is 60.1. The predicted octanol–water partition coefficient (Wildman–Crippen LogP) is 13.0. The zero-order valence-corrected chi connectivity index (χ0v) is 29.6. The van der Waals surface area contributed by atoms with E-state index in [1.165, 1.54) is 0 Å². The minimum Gasteiger partial charge on any atom is -0.278 e. The van der Waals surface area contributed by atoms with Crippen LogP contribution >= 0.6 is 0 Å². The van der Waals surface area contributed by atoms with Crippen molar-refractivity contribution < 1.29 is 5.48 Å². The summed E-state index contributed by atoms with van der Waals surface area (Å²) in [4.78, 5) is 15.2. The second kappa shape index (κ2) is 13.8. The summed E-state index contributed by atoms with van der Waals surface area (Å²) in [5, 5.41) is 1.07. The third-order valence-electron chi connectivity index (χ3n) is 10.0. The lowest BCUT2D eigenvalue weighted by molar-refractivity contribution is 0.953. The highest BCUT2D eigenvalue weighted by Gasteiger charge is 2.19. The van der Waals surface area contributed by atoms with Crippen molar-refractivity contribution in [3.05, 3.63) is 206 Å². The van der Waals surface area contributed by atoms with Crippen LogP contribution in [0.5, 0.6) is 0 Å². The van der Waals surface area contributed by atoms with Gasteiger partial charge in [0.05, 0.1) is 16.5 Å². The number of hydrogen-bond donors (Lipinski definition) is 0. The Hall–Kier alpha value is -7.43. The second-order valence-corrected chi connectivity index (χ2v) is 13.4. The average Bonchev–Trinajstić information content (AvgIpc) is 3.66. The van der Waals surface area contributed by atoms with Crippen molar-refractivity contribution in [3.63, 3.8) is 0 Å². The molecule has 10 aromatic rings. The van der Waals surface area contributed by atoms with Gasteiger partial charge in [-0.3, -0.25) is 4.57 Å². The zero-order valence-electron chi connectivity index (χ0n) is 33.6. The number of hydrogen-bond acceptors (Lipinski definition) is 3. The fourth-order valence-corrected chi connectivity index (χ4v) is 7.20. The molecule has 10 rings (SSSR count). The maximum absolute atomic E-state index is 9.23. The Morgan fingerprint density at radius 3 is 1.18 bits per heavy atom. The largest absolute Gasteiger partial charge is 0.278 e. The average molecular weight is 707 g/mol. The molecular formula is C51H34N4. The van der Waals surface area contributed by atoms with Crippen LogP contribution in [0, 0.1) is 0 Å². The molecule has 0 amide bonds. The van der Waals surface area contributed by atoms with Gasteiger partial charge in [0, 0.05) is 21.9 Å². The highest BCUT2D eigenvalue weighted by molar-refractivity contribution is 6.10. The van der Waals surface area contributed by atoms with Crippen LogP contribution in [-0.4, -0.2) is 19.5 Å². The van der Waals surface area contributed by atoms with Crippen LogP contribution in [0.3, 0.4) is 0 Å². The topological polar surface area (TPSA) is 43.6 Å². The standard InChI is InChI=1S/C51H34N4/c1-4-12-35(13-5-1)38-20-22-41(23-21-38)44-32-33-48-46(34-44)45-18-10-11-19-47(45)55(48)51-53-49(42-28-24-39(25-29-42)36-14-6-2-7-15-36)52-50(54-51)43-30-26-40(27-31-43)37-16-8-3-9-17-37/h1-34H/i10D,11D,18D,19D. The van der Waals surface area contributed by atoms with Gasteiger partial charge in [0.25, 0.3) is 0 Å². The summed E-state index contributed by atoms with van der Waals surface area (Å²) in [5.41, 5.74) is 10.9. The minimum absolute atomic E-state index is 0.121. The number of nitrogens with zero attached hydrogens (tertiary/aromatic N) is 4. The molecule has 0 unspecified atom stereocenters. The Morgan fingerprint density at radius 1 is 0.327 bits per heavy atom. The molecule has 258 valence electrons. The fraction of sp³-hybridized carbons (Fsp3) is 0. The first-order valence-electron chi connectivity index (χ1n) is 20.2. The van der Waals surface area contributed by atoms with Gasteiger partial charge >= 0.3 is 0 Å². The van der Waals surface area contributed by atoms with Crippen LogP contribution in [0.1, 0.15) is 5.48 Å². The molecule has 0 aliphatic carbocycles. The minimum atomic E-state index is -0.328. The van der Waals surface area contributed by atoms with E-state index >= 15 is 0 Å². The van der Waals surface area contributed by atoms with Crippen LogP contribution in [0.2, 0.25) is 0 Å². The first kappa shape index (κ1) is 28.1. The van der Waals surface area contributed by atoms with Crippen LogP contribution in [0.4, 0.5) is 0 Å².